The van der Waals surface area contributed by atoms with Crippen molar-refractivity contribution in [1.82, 2.24) is 19.9 Å². The average molecular weight is 816 g/mol. The van der Waals surface area contributed by atoms with Crippen LogP contribution in [-0.2, 0) is 5.41 Å². The molecule has 2 aromatic heterocycles. The maximum absolute atomic E-state index is 5.48. The van der Waals surface area contributed by atoms with E-state index in [0.717, 1.165) is 66.7 Å². The first kappa shape index (κ1) is 36.1. The molecule has 1 aliphatic carbocycles. The molecule has 5 nitrogen and oxygen atoms in total. The Labute approximate surface area is 370 Å². The maximum atomic E-state index is 5.48. The van der Waals surface area contributed by atoms with Crippen LogP contribution in [0.25, 0.3) is 78.2 Å². The molecule has 0 saturated heterocycles. The van der Waals surface area contributed by atoms with Gasteiger partial charge < -0.3 is 4.90 Å². The highest BCUT2D eigenvalue weighted by atomic mass is 15.2. The maximum Gasteiger partial charge on any atom is 0.164 e. The topological polar surface area (TPSA) is 54.8 Å². The largest absolute Gasteiger partial charge is 0.310 e. The first-order chi connectivity index (χ1) is 31.7. The molecule has 13 rings (SSSR count). The van der Waals surface area contributed by atoms with Crippen LogP contribution in [-0.4, -0.2) is 19.9 Å². The summed E-state index contributed by atoms with van der Waals surface area (Å²) in [5.41, 5.74) is 16.1. The van der Waals surface area contributed by atoms with Gasteiger partial charge in [0.25, 0.3) is 0 Å². The third-order valence-corrected chi connectivity index (χ3v) is 13.1. The van der Waals surface area contributed by atoms with Gasteiger partial charge in [0.15, 0.2) is 17.5 Å². The van der Waals surface area contributed by atoms with Crippen molar-refractivity contribution in [3.05, 3.63) is 247 Å². The van der Waals surface area contributed by atoms with Crippen LogP contribution < -0.4 is 4.90 Å². The van der Waals surface area contributed by atoms with Gasteiger partial charge in [0, 0.05) is 38.7 Å². The van der Waals surface area contributed by atoms with Crippen LogP contribution in [0.1, 0.15) is 22.3 Å². The number of aromatic nitrogens is 4. The molecule has 0 atom stereocenters. The number of benzene rings is 9. The van der Waals surface area contributed by atoms with Crippen LogP contribution >= 0.6 is 0 Å². The Bertz CT molecular complexity index is 3500. The van der Waals surface area contributed by atoms with Gasteiger partial charge in [0.1, 0.15) is 0 Å². The van der Waals surface area contributed by atoms with E-state index in [-0.39, 0.29) is 0 Å². The Kier molecular flexibility index (Phi) is 8.06. The van der Waals surface area contributed by atoms with Crippen LogP contribution in [0.4, 0.5) is 17.1 Å². The lowest BCUT2D eigenvalue weighted by molar-refractivity contribution is 0.754. The molecule has 0 bridgehead atoms. The number of fused-ring (bicyclic) bond motifs is 12. The molecule has 3 heterocycles. The van der Waals surface area contributed by atoms with Gasteiger partial charge in [0.05, 0.1) is 28.0 Å². The third kappa shape index (κ3) is 5.37. The van der Waals surface area contributed by atoms with Crippen LogP contribution in [0.5, 0.6) is 0 Å². The first-order valence-electron chi connectivity index (χ1n) is 21.7. The van der Waals surface area contributed by atoms with Gasteiger partial charge >= 0.3 is 0 Å². The van der Waals surface area contributed by atoms with E-state index >= 15 is 0 Å². The van der Waals surface area contributed by atoms with Crippen molar-refractivity contribution in [2.45, 2.75) is 5.41 Å². The molecule has 0 N–H and O–H groups in total. The zero-order valence-electron chi connectivity index (χ0n) is 34.6. The van der Waals surface area contributed by atoms with E-state index < -0.39 is 5.41 Å². The number of hydrogen-bond donors (Lipinski definition) is 0. The van der Waals surface area contributed by atoms with Crippen molar-refractivity contribution < 1.29 is 0 Å². The number of hydrogen-bond acceptors (Lipinski definition) is 5. The summed E-state index contributed by atoms with van der Waals surface area (Å²) in [6.45, 7) is 0. The number of nitrogens with zero attached hydrogens (tertiary/aromatic N) is 5. The molecule has 0 radical (unpaired) electrons. The van der Waals surface area contributed by atoms with Crippen LogP contribution in [0.2, 0.25) is 0 Å². The second kappa shape index (κ2) is 14.3. The molecular weight excluding hydrogens is 779 g/mol. The summed E-state index contributed by atoms with van der Waals surface area (Å²) in [6.07, 6.45) is 0. The van der Waals surface area contributed by atoms with Crippen molar-refractivity contribution in [3.8, 4) is 56.5 Å². The van der Waals surface area contributed by atoms with Gasteiger partial charge in [0.2, 0.25) is 0 Å². The van der Waals surface area contributed by atoms with Gasteiger partial charge in [-0.25, -0.2) is 19.9 Å². The van der Waals surface area contributed by atoms with E-state index in [9.17, 15) is 0 Å². The van der Waals surface area contributed by atoms with Crippen molar-refractivity contribution in [2.24, 2.45) is 0 Å². The Morgan fingerprint density at radius 1 is 0.312 bits per heavy atom. The summed E-state index contributed by atoms with van der Waals surface area (Å²) in [7, 11) is 0. The average Bonchev–Trinajstić information content (AvgIpc) is 3.67. The molecule has 0 fully saturated rings. The Balaban J connectivity index is 1.06. The van der Waals surface area contributed by atoms with Crippen molar-refractivity contribution in [2.75, 3.05) is 4.90 Å². The summed E-state index contributed by atoms with van der Waals surface area (Å²) in [5, 5.41) is 3.36. The van der Waals surface area contributed by atoms with Gasteiger partial charge in [-0.05, 0) is 75.2 Å². The van der Waals surface area contributed by atoms with Crippen LogP contribution in [0.15, 0.2) is 224 Å². The van der Waals surface area contributed by atoms with Gasteiger partial charge in [-0.2, -0.15) is 0 Å². The van der Waals surface area contributed by atoms with E-state index in [2.05, 4.69) is 169 Å². The molecule has 11 aromatic rings. The third-order valence-electron chi connectivity index (χ3n) is 13.1. The smallest absolute Gasteiger partial charge is 0.164 e. The summed E-state index contributed by atoms with van der Waals surface area (Å²) in [6, 6.07) is 80.0. The van der Waals surface area contributed by atoms with Crippen molar-refractivity contribution in [1.29, 1.82) is 0 Å². The summed E-state index contributed by atoms with van der Waals surface area (Å²) in [5.74, 6) is 1.88. The van der Waals surface area contributed by atoms with E-state index in [0.29, 0.717) is 17.5 Å². The normalized spacial score (nSPS) is 13.1. The molecule has 1 aliphatic heterocycles. The lowest BCUT2D eigenvalue weighted by Gasteiger charge is -2.45. The molecule has 0 saturated carbocycles. The zero-order valence-corrected chi connectivity index (χ0v) is 34.6. The fraction of sp³-hybridized carbons (Fsp3) is 0.0169. The lowest BCUT2D eigenvalue weighted by Crippen LogP contribution is -2.36. The minimum atomic E-state index is -0.563. The van der Waals surface area contributed by atoms with E-state index in [1.54, 1.807) is 0 Å². The molecule has 5 heteroatoms. The molecular formula is C59H37N5. The molecule has 2 aliphatic rings. The van der Waals surface area contributed by atoms with Crippen molar-refractivity contribution >= 4 is 38.7 Å². The fourth-order valence-corrected chi connectivity index (χ4v) is 10.3. The van der Waals surface area contributed by atoms with E-state index in [1.165, 1.54) is 33.4 Å². The van der Waals surface area contributed by atoms with Crippen LogP contribution in [0, 0.1) is 0 Å². The molecule has 0 amide bonds. The second-order valence-electron chi connectivity index (χ2n) is 16.5. The Morgan fingerprint density at radius 3 is 1.42 bits per heavy atom. The number of pyridine rings is 1. The number of rotatable bonds is 5. The monoisotopic (exact) mass is 815 g/mol. The summed E-state index contributed by atoms with van der Waals surface area (Å²) >= 11 is 0. The highest BCUT2D eigenvalue weighted by molar-refractivity contribution is 6.14. The minimum Gasteiger partial charge on any atom is -0.310 e. The number of anilines is 3. The molecule has 298 valence electrons. The van der Waals surface area contributed by atoms with Crippen molar-refractivity contribution in [3.63, 3.8) is 0 Å². The van der Waals surface area contributed by atoms with Crippen LogP contribution in [0.3, 0.4) is 0 Å². The second-order valence-corrected chi connectivity index (χ2v) is 16.5. The highest BCUT2D eigenvalue weighted by Gasteiger charge is 2.51. The van der Waals surface area contributed by atoms with E-state index in [1.807, 2.05) is 60.7 Å². The molecule has 0 unspecified atom stereocenters. The number of para-hydroxylation sites is 3. The van der Waals surface area contributed by atoms with Gasteiger partial charge in [-0.15, -0.1) is 0 Å². The standard InChI is InChI=1S/C59H37N5/c1-4-18-39(19-5-1)56-61-57(40-20-6-2-7-21-40)63-58(62-56)41-34-32-38(33-35-41)55-47-37-54-51(36-46(47)45-26-12-16-30-52(45)60-55)59(48-27-13-10-24-43(48)44-25-11-14-28-49(44)59)50-29-15-17-31-53(50)64(54)42-22-8-3-9-23-42/h1-37H. The Morgan fingerprint density at radius 2 is 0.797 bits per heavy atom. The molecule has 1 spiro atoms. The SMILES string of the molecule is c1ccc(-c2nc(-c3ccccc3)nc(-c3ccc(-c4nc5ccccc5c5cc6c(cc45)N(c4ccccc4)c4ccccc4C64c5ccccc5-c5ccccc54)cc3)n2)cc1. The lowest BCUT2D eigenvalue weighted by atomic mass is 9.64. The first-order valence-corrected chi connectivity index (χ1v) is 21.7. The summed E-state index contributed by atoms with van der Waals surface area (Å²) < 4.78 is 0. The fourth-order valence-electron chi connectivity index (χ4n) is 10.3. The van der Waals surface area contributed by atoms with E-state index in [4.69, 9.17) is 19.9 Å². The summed E-state index contributed by atoms with van der Waals surface area (Å²) in [4.78, 5) is 22.9. The predicted octanol–water partition coefficient (Wildman–Crippen LogP) is 14.4. The quantitative estimate of drug-likeness (QED) is 0.162. The minimum absolute atomic E-state index is 0.563. The Hall–Kier alpha value is -8.54. The van der Waals surface area contributed by atoms with Gasteiger partial charge in [-0.1, -0.05) is 188 Å². The molecule has 64 heavy (non-hydrogen) atoms. The zero-order chi connectivity index (χ0) is 42.2. The van der Waals surface area contributed by atoms with Gasteiger partial charge in [-0.3, -0.25) is 0 Å². The molecule has 9 aromatic carbocycles. The highest BCUT2D eigenvalue weighted by Crippen LogP contribution is 2.64. The predicted molar refractivity (Wildman–Crippen MR) is 260 cm³/mol.